The van der Waals surface area contributed by atoms with Crippen molar-refractivity contribution < 1.29 is 9.23 Å². The molecule has 0 aliphatic heterocycles. The van der Waals surface area contributed by atoms with E-state index in [1.54, 1.807) is 31.5 Å². The average molecular weight is 397 g/mol. The van der Waals surface area contributed by atoms with E-state index >= 15 is 0 Å². The topological polar surface area (TPSA) is 69.9 Å². The summed E-state index contributed by atoms with van der Waals surface area (Å²) in [6.07, 6.45) is 12.6. The number of nitrogens with zero attached hydrogens (tertiary/aromatic N) is 4. The first kappa shape index (κ1) is 19.3. The molecule has 0 amide bonds. The van der Waals surface area contributed by atoms with Gasteiger partial charge >= 0.3 is 0 Å². The lowest BCUT2D eigenvalue weighted by Gasteiger charge is -2.14. The predicted molar refractivity (Wildman–Crippen MR) is 105 cm³/mol. The normalized spacial score (nSPS) is 12.4. The molecule has 0 bridgehead atoms. The molecule has 0 N–H and O–H groups in total. The van der Waals surface area contributed by atoms with Crippen molar-refractivity contribution >= 4 is 28.2 Å². The van der Waals surface area contributed by atoms with E-state index in [1.165, 1.54) is 24.7 Å². The van der Waals surface area contributed by atoms with Gasteiger partial charge in [0.05, 0.1) is 11.1 Å². The van der Waals surface area contributed by atoms with Gasteiger partial charge in [-0.1, -0.05) is 23.7 Å². The first-order valence-electron chi connectivity index (χ1n) is 8.13. The van der Waals surface area contributed by atoms with Crippen LogP contribution in [-0.2, 0) is 6.61 Å². The summed E-state index contributed by atoms with van der Waals surface area (Å²) in [4.78, 5) is 30.8. The zero-order valence-electron chi connectivity index (χ0n) is 14.8. The van der Waals surface area contributed by atoms with Crippen LogP contribution < -0.4 is 10.4 Å². The fourth-order valence-electron chi connectivity index (χ4n) is 2.52. The smallest absolute Gasteiger partial charge is 0.293 e. The van der Waals surface area contributed by atoms with E-state index in [0.29, 0.717) is 5.39 Å². The Labute approximate surface area is 164 Å². The summed E-state index contributed by atoms with van der Waals surface area (Å²) in [5.74, 6) is 0.928. The Hall–Kier alpha value is -3.50. The Morgan fingerprint density at radius 2 is 2.25 bits per heavy atom. The van der Waals surface area contributed by atoms with Gasteiger partial charge < -0.3 is 4.84 Å². The van der Waals surface area contributed by atoms with Gasteiger partial charge in [-0.3, -0.25) is 9.78 Å². The van der Waals surface area contributed by atoms with Crippen LogP contribution >= 0.6 is 11.6 Å². The van der Waals surface area contributed by atoms with Crippen molar-refractivity contribution in [2.75, 3.05) is 0 Å². The summed E-state index contributed by atoms with van der Waals surface area (Å²) in [6, 6.07) is 4.96. The van der Waals surface area contributed by atoms with Crippen molar-refractivity contribution in [1.82, 2.24) is 19.7 Å². The molecular weight excluding hydrogens is 383 g/mol. The van der Waals surface area contributed by atoms with Crippen molar-refractivity contribution in [1.29, 1.82) is 0 Å². The average Bonchev–Trinajstić information content (AvgIpc) is 2.74. The fourth-order valence-corrected chi connectivity index (χ4v) is 2.70. The molecule has 0 unspecified atom stereocenters. The molecule has 140 valence electrons. The van der Waals surface area contributed by atoms with Crippen molar-refractivity contribution in [2.45, 2.75) is 13.5 Å². The highest BCUT2D eigenvalue weighted by atomic mass is 35.5. The molecule has 8 heteroatoms. The molecule has 0 radical (unpaired) electrons. The minimum Gasteiger partial charge on any atom is -0.404 e. The SMILES string of the molecule is C#C/C(F)=C(\C(Cl)=C/C)c1cc2cncnc2n(OCc2cccnc2)c1=O. The third kappa shape index (κ3) is 3.77. The zero-order valence-corrected chi connectivity index (χ0v) is 15.5. The van der Waals surface area contributed by atoms with Crippen molar-refractivity contribution in [3.05, 3.63) is 81.5 Å². The molecule has 0 aromatic carbocycles. The molecule has 0 aliphatic rings. The van der Waals surface area contributed by atoms with Crippen LogP contribution in [0.2, 0.25) is 0 Å². The van der Waals surface area contributed by atoms with Gasteiger partial charge in [-0.25, -0.2) is 9.97 Å². The van der Waals surface area contributed by atoms with E-state index in [1.807, 2.05) is 5.92 Å². The minimum atomic E-state index is -0.963. The van der Waals surface area contributed by atoms with Gasteiger partial charge in [-0.15, -0.1) is 11.2 Å². The van der Waals surface area contributed by atoms with Gasteiger partial charge in [0.25, 0.3) is 5.56 Å². The first-order valence-corrected chi connectivity index (χ1v) is 8.51. The van der Waals surface area contributed by atoms with E-state index in [0.717, 1.165) is 10.3 Å². The molecule has 0 aliphatic carbocycles. The van der Waals surface area contributed by atoms with E-state index in [4.69, 9.17) is 22.9 Å². The molecule has 3 heterocycles. The highest BCUT2D eigenvalue weighted by molar-refractivity contribution is 6.37. The number of fused-ring (bicyclic) bond motifs is 1. The van der Waals surface area contributed by atoms with Crippen LogP contribution in [0.15, 0.2) is 64.8 Å². The zero-order chi connectivity index (χ0) is 20.1. The van der Waals surface area contributed by atoms with Gasteiger partial charge in [0, 0.05) is 34.6 Å². The fraction of sp³-hybridized carbons (Fsp3) is 0.100. The number of hydrogen-bond acceptors (Lipinski definition) is 5. The maximum atomic E-state index is 14.4. The van der Waals surface area contributed by atoms with Crippen molar-refractivity contribution in [3.8, 4) is 12.3 Å². The van der Waals surface area contributed by atoms with Gasteiger partial charge in [0.1, 0.15) is 12.9 Å². The van der Waals surface area contributed by atoms with Gasteiger partial charge in [0.15, 0.2) is 11.5 Å². The maximum absolute atomic E-state index is 14.4. The number of hydrogen-bond donors (Lipinski definition) is 0. The standard InChI is InChI=1S/C20H14ClFN4O2/c1-3-16(21)18(17(22)4-2)15-8-14-10-24-12-25-19(14)26(20(15)27)28-11-13-6-5-7-23-9-13/h2-3,5-10,12H,11H2,1H3/b16-3+,18-17+. The maximum Gasteiger partial charge on any atom is 0.293 e. The predicted octanol–water partition coefficient (Wildman–Crippen LogP) is 3.27. The highest BCUT2D eigenvalue weighted by Crippen LogP contribution is 2.29. The molecular formula is C20H14ClFN4O2. The summed E-state index contributed by atoms with van der Waals surface area (Å²) < 4.78 is 15.3. The Balaban J connectivity index is 2.22. The second-order valence-corrected chi connectivity index (χ2v) is 5.97. The molecule has 0 fully saturated rings. The van der Waals surface area contributed by atoms with Crippen LogP contribution in [0.1, 0.15) is 18.1 Å². The minimum absolute atomic E-state index is 0.00237. The molecule has 0 atom stereocenters. The summed E-state index contributed by atoms with van der Waals surface area (Å²) in [5.41, 5.74) is 0.0486. The quantitative estimate of drug-likeness (QED) is 0.489. The second kappa shape index (κ2) is 8.46. The summed E-state index contributed by atoms with van der Waals surface area (Å²) >= 11 is 6.13. The Morgan fingerprint density at radius 1 is 1.43 bits per heavy atom. The first-order chi connectivity index (χ1) is 13.6. The largest absolute Gasteiger partial charge is 0.404 e. The molecule has 28 heavy (non-hydrogen) atoms. The van der Waals surface area contributed by atoms with Gasteiger partial charge in [0.2, 0.25) is 0 Å². The molecule has 0 spiro atoms. The number of rotatable bonds is 5. The monoisotopic (exact) mass is 396 g/mol. The van der Waals surface area contributed by atoms with Crippen LogP contribution in [0, 0.1) is 12.3 Å². The molecule has 0 saturated carbocycles. The highest BCUT2D eigenvalue weighted by Gasteiger charge is 2.20. The number of terminal acetylenes is 1. The van der Waals surface area contributed by atoms with Crippen LogP contribution in [0.25, 0.3) is 16.6 Å². The van der Waals surface area contributed by atoms with E-state index in [-0.39, 0.29) is 28.4 Å². The Kier molecular flexibility index (Phi) is 5.82. The van der Waals surface area contributed by atoms with Gasteiger partial charge in [-0.05, 0) is 25.0 Å². The van der Waals surface area contributed by atoms with Gasteiger partial charge in [-0.2, -0.15) is 4.39 Å². The Morgan fingerprint density at radius 3 is 2.93 bits per heavy atom. The third-order valence-corrected chi connectivity index (χ3v) is 4.22. The van der Waals surface area contributed by atoms with Crippen LogP contribution in [0.4, 0.5) is 4.39 Å². The molecule has 0 saturated heterocycles. The molecule has 3 aromatic rings. The van der Waals surface area contributed by atoms with E-state index in [2.05, 4.69) is 15.0 Å². The van der Waals surface area contributed by atoms with Crippen LogP contribution in [0.5, 0.6) is 0 Å². The van der Waals surface area contributed by atoms with E-state index < -0.39 is 11.4 Å². The lowest BCUT2D eigenvalue weighted by atomic mass is 10.0. The number of aromatic nitrogens is 4. The lowest BCUT2D eigenvalue weighted by Crippen LogP contribution is -2.30. The Bertz CT molecular complexity index is 1180. The van der Waals surface area contributed by atoms with E-state index in [9.17, 15) is 9.18 Å². The third-order valence-electron chi connectivity index (χ3n) is 3.82. The summed E-state index contributed by atoms with van der Waals surface area (Å²) in [6.45, 7) is 1.65. The molecule has 3 rings (SSSR count). The van der Waals surface area contributed by atoms with Crippen LogP contribution in [-0.4, -0.2) is 19.7 Å². The van der Waals surface area contributed by atoms with Crippen LogP contribution in [0.3, 0.4) is 0 Å². The number of allylic oxidation sites excluding steroid dienone is 4. The van der Waals surface area contributed by atoms with Crippen molar-refractivity contribution in [3.63, 3.8) is 0 Å². The molecule has 6 nitrogen and oxygen atoms in total. The number of halogens is 2. The second-order valence-electron chi connectivity index (χ2n) is 5.56. The van der Waals surface area contributed by atoms with Crippen molar-refractivity contribution in [2.24, 2.45) is 0 Å². The molecule has 3 aromatic heterocycles. The summed E-state index contributed by atoms with van der Waals surface area (Å²) in [5, 5.41) is 0.453. The number of pyridine rings is 2. The summed E-state index contributed by atoms with van der Waals surface area (Å²) in [7, 11) is 0. The lowest BCUT2D eigenvalue weighted by molar-refractivity contribution is 0.0975.